The third kappa shape index (κ3) is 2.34. The van der Waals surface area contributed by atoms with Gasteiger partial charge in [-0.05, 0) is 42.9 Å². The van der Waals surface area contributed by atoms with Crippen LogP contribution >= 0.6 is 0 Å². The molecule has 0 bridgehead atoms. The molecule has 0 atom stereocenters. The summed E-state index contributed by atoms with van der Waals surface area (Å²) in [5.74, 6) is 1.03. The normalized spacial score (nSPS) is 11.6. The van der Waals surface area contributed by atoms with Crippen molar-refractivity contribution in [3.8, 4) is 5.75 Å². The zero-order valence-electron chi connectivity index (χ0n) is 10.8. The van der Waals surface area contributed by atoms with Crippen molar-refractivity contribution in [3.05, 3.63) is 28.8 Å². The molecule has 0 aliphatic carbocycles. The highest BCUT2D eigenvalue weighted by Crippen LogP contribution is 2.37. The molecule has 0 aliphatic rings. The summed E-state index contributed by atoms with van der Waals surface area (Å²) in [6.07, 6.45) is 1.12. The fraction of sp³-hybridized carbons (Fsp3) is 0.571. The minimum Gasteiger partial charge on any atom is -0.496 e. The number of benzene rings is 1. The highest BCUT2D eigenvalue weighted by molar-refractivity contribution is 5.47. The molecular weight excluding hydrogens is 184 g/mol. The Bertz CT molecular complexity index is 351. The summed E-state index contributed by atoms with van der Waals surface area (Å²) >= 11 is 0. The van der Waals surface area contributed by atoms with Crippen molar-refractivity contribution in [2.45, 2.75) is 46.5 Å². The van der Waals surface area contributed by atoms with E-state index in [1.54, 1.807) is 7.11 Å². The van der Waals surface area contributed by atoms with E-state index < -0.39 is 0 Å². The number of hydrogen-bond acceptors (Lipinski definition) is 1. The molecule has 0 N–H and O–H groups in total. The second-order valence-electron chi connectivity index (χ2n) is 4.90. The first-order valence-corrected chi connectivity index (χ1v) is 5.58. The van der Waals surface area contributed by atoms with Crippen molar-refractivity contribution < 1.29 is 4.74 Å². The monoisotopic (exact) mass is 206 g/mol. The predicted octanol–water partition coefficient (Wildman–Crippen LogP) is 4.00. The first-order valence-electron chi connectivity index (χ1n) is 5.58. The summed E-state index contributed by atoms with van der Waals surface area (Å²) in [7, 11) is 1.75. The predicted molar refractivity (Wildman–Crippen MR) is 65.8 cm³/mol. The SMILES string of the molecule is CCC(C)(C)c1c(C)cc(C)cc1OC. The number of rotatable bonds is 3. The van der Waals surface area contributed by atoms with Gasteiger partial charge in [-0.15, -0.1) is 0 Å². The van der Waals surface area contributed by atoms with Gasteiger partial charge in [0.15, 0.2) is 0 Å². The molecule has 1 rings (SSSR count). The highest BCUT2D eigenvalue weighted by Gasteiger charge is 2.24. The van der Waals surface area contributed by atoms with Crippen LogP contribution in [-0.2, 0) is 5.41 Å². The molecule has 1 aromatic rings. The van der Waals surface area contributed by atoms with E-state index in [1.165, 1.54) is 16.7 Å². The second kappa shape index (κ2) is 4.26. The molecule has 1 nitrogen and oxygen atoms in total. The summed E-state index contributed by atoms with van der Waals surface area (Å²) in [6.45, 7) is 11.0. The van der Waals surface area contributed by atoms with Crippen LogP contribution in [0.4, 0.5) is 0 Å². The first kappa shape index (κ1) is 12.1. The topological polar surface area (TPSA) is 9.23 Å². The van der Waals surface area contributed by atoms with Crippen molar-refractivity contribution >= 4 is 0 Å². The lowest BCUT2D eigenvalue weighted by atomic mass is 9.79. The lowest BCUT2D eigenvalue weighted by molar-refractivity contribution is 0.388. The van der Waals surface area contributed by atoms with Crippen molar-refractivity contribution in [2.75, 3.05) is 7.11 Å². The molecule has 1 aromatic carbocycles. The Morgan fingerprint density at radius 1 is 1.20 bits per heavy atom. The van der Waals surface area contributed by atoms with Crippen molar-refractivity contribution in [1.29, 1.82) is 0 Å². The average Bonchev–Trinajstić information content (AvgIpc) is 2.15. The molecule has 0 heterocycles. The fourth-order valence-corrected chi connectivity index (χ4v) is 2.13. The van der Waals surface area contributed by atoms with E-state index in [-0.39, 0.29) is 5.41 Å². The lowest BCUT2D eigenvalue weighted by Crippen LogP contribution is -2.18. The molecule has 0 aromatic heterocycles. The quantitative estimate of drug-likeness (QED) is 0.726. The summed E-state index contributed by atoms with van der Waals surface area (Å²) < 4.78 is 5.50. The molecule has 0 radical (unpaired) electrons. The molecule has 0 spiro atoms. The van der Waals surface area contributed by atoms with Gasteiger partial charge < -0.3 is 4.74 Å². The van der Waals surface area contributed by atoms with Gasteiger partial charge >= 0.3 is 0 Å². The number of methoxy groups -OCH3 is 1. The molecule has 0 unspecified atom stereocenters. The van der Waals surface area contributed by atoms with Gasteiger partial charge in [0.25, 0.3) is 0 Å². The Balaban J connectivity index is 3.39. The maximum Gasteiger partial charge on any atom is 0.123 e. The summed E-state index contributed by atoms with van der Waals surface area (Å²) in [5, 5.41) is 0. The van der Waals surface area contributed by atoms with Crippen LogP contribution in [0, 0.1) is 13.8 Å². The van der Waals surface area contributed by atoms with Gasteiger partial charge in [-0.3, -0.25) is 0 Å². The molecule has 0 amide bonds. The van der Waals surface area contributed by atoms with Crippen LogP contribution in [0.25, 0.3) is 0 Å². The van der Waals surface area contributed by atoms with E-state index in [2.05, 4.69) is 46.8 Å². The summed E-state index contributed by atoms with van der Waals surface area (Å²) in [6, 6.07) is 4.36. The maximum absolute atomic E-state index is 5.50. The van der Waals surface area contributed by atoms with E-state index >= 15 is 0 Å². The molecule has 15 heavy (non-hydrogen) atoms. The first-order chi connectivity index (χ1) is 6.92. The molecule has 84 valence electrons. The van der Waals surface area contributed by atoms with Gasteiger partial charge in [0.2, 0.25) is 0 Å². The zero-order valence-corrected chi connectivity index (χ0v) is 10.8. The third-order valence-electron chi connectivity index (χ3n) is 3.22. The Kier molecular flexibility index (Phi) is 3.43. The summed E-state index contributed by atoms with van der Waals surface area (Å²) in [5.41, 5.74) is 4.13. The van der Waals surface area contributed by atoms with E-state index in [9.17, 15) is 0 Å². The maximum atomic E-state index is 5.50. The van der Waals surface area contributed by atoms with Gasteiger partial charge in [0.1, 0.15) is 5.75 Å². The van der Waals surface area contributed by atoms with Crippen LogP contribution in [0.1, 0.15) is 43.9 Å². The molecule has 0 aliphatic heterocycles. The zero-order chi connectivity index (χ0) is 11.6. The molecule has 0 saturated heterocycles. The standard InChI is InChI=1S/C14H22O/c1-7-14(4,5)13-11(3)8-10(2)9-12(13)15-6/h8-9H,7H2,1-6H3. The van der Waals surface area contributed by atoms with Gasteiger partial charge in [0.05, 0.1) is 7.11 Å². The smallest absolute Gasteiger partial charge is 0.123 e. The molecular formula is C14H22O. The molecule has 0 saturated carbocycles. The van der Waals surface area contributed by atoms with E-state index in [0.717, 1.165) is 12.2 Å². The Morgan fingerprint density at radius 3 is 2.27 bits per heavy atom. The number of aryl methyl sites for hydroxylation is 2. The van der Waals surface area contributed by atoms with Crippen LogP contribution in [-0.4, -0.2) is 7.11 Å². The fourth-order valence-electron chi connectivity index (χ4n) is 2.13. The van der Waals surface area contributed by atoms with Gasteiger partial charge in [-0.2, -0.15) is 0 Å². The van der Waals surface area contributed by atoms with Gasteiger partial charge in [-0.25, -0.2) is 0 Å². The van der Waals surface area contributed by atoms with E-state index in [1.807, 2.05) is 0 Å². The Morgan fingerprint density at radius 2 is 1.80 bits per heavy atom. The van der Waals surface area contributed by atoms with Crippen LogP contribution in [0.2, 0.25) is 0 Å². The Labute approximate surface area is 93.5 Å². The third-order valence-corrected chi connectivity index (χ3v) is 3.22. The number of hydrogen-bond donors (Lipinski definition) is 0. The molecule has 0 fully saturated rings. The van der Waals surface area contributed by atoms with E-state index in [0.29, 0.717) is 0 Å². The average molecular weight is 206 g/mol. The van der Waals surface area contributed by atoms with Crippen molar-refractivity contribution in [2.24, 2.45) is 0 Å². The van der Waals surface area contributed by atoms with Gasteiger partial charge in [-0.1, -0.05) is 26.8 Å². The molecule has 1 heteroatoms. The second-order valence-corrected chi connectivity index (χ2v) is 4.90. The van der Waals surface area contributed by atoms with Crippen LogP contribution < -0.4 is 4.74 Å². The van der Waals surface area contributed by atoms with Crippen molar-refractivity contribution in [3.63, 3.8) is 0 Å². The number of ether oxygens (including phenoxy) is 1. The van der Waals surface area contributed by atoms with Crippen LogP contribution in [0.3, 0.4) is 0 Å². The largest absolute Gasteiger partial charge is 0.496 e. The highest BCUT2D eigenvalue weighted by atomic mass is 16.5. The lowest BCUT2D eigenvalue weighted by Gasteiger charge is -2.28. The van der Waals surface area contributed by atoms with Crippen LogP contribution in [0.15, 0.2) is 12.1 Å². The Hall–Kier alpha value is -0.980. The summed E-state index contributed by atoms with van der Waals surface area (Å²) in [4.78, 5) is 0. The van der Waals surface area contributed by atoms with E-state index in [4.69, 9.17) is 4.74 Å². The van der Waals surface area contributed by atoms with Crippen molar-refractivity contribution in [1.82, 2.24) is 0 Å². The van der Waals surface area contributed by atoms with Crippen LogP contribution in [0.5, 0.6) is 5.75 Å². The minimum atomic E-state index is 0.184. The van der Waals surface area contributed by atoms with Gasteiger partial charge in [0, 0.05) is 5.56 Å². The minimum absolute atomic E-state index is 0.184.